The van der Waals surface area contributed by atoms with Crippen LogP contribution in [0.1, 0.15) is 19.8 Å². The molecule has 0 saturated carbocycles. The number of nitrogens with zero attached hydrogens (tertiary/aromatic N) is 1. The molecule has 0 aromatic heterocycles. The van der Waals surface area contributed by atoms with Crippen LogP contribution in [0.2, 0.25) is 0 Å². The molecule has 1 fully saturated rings. The molecule has 1 saturated heterocycles. The lowest BCUT2D eigenvalue weighted by molar-refractivity contribution is 0.0977. The summed E-state index contributed by atoms with van der Waals surface area (Å²) in [7, 11) is 0. The average molecular weight is 164 g/mol. The van der Waals surface area contributed by atoms with Gasteiger partial charge in [0.1, 0.15) is 6.10 Å². The average Bonchev–Trinajstić information content (AvgIpc) is 2.04. The maximum atomic E-state index is 7.64. The molecule has 3 nitrogen and oxygen atoms in total. The molecule has 3 heteroatoms. The van der Waals surface area contributed by atoms with Crippen LogP contribution in [-0.2, 0) is 4.74 Å². The Labute approximate surface area is 71.7 Å². The van der Waals surface area contributed by atoms with E-state index in [1.807, 2.05) is 13.1 Å². The summed E-state index contributed by atoms with van der Waals surface area (Å²) in [6, 6.07) is 0. The molecule has 0 aromatic rings. The van der Waals surface area contributed by atoms with E-state index in [1.165, 1.54) is 5.57 Å². The Hall–Kier alpha value is -0.960. The highest BCUT2D eigenvalue weighted by Crippen LogP contribution is 2.20. The van der Waals surface area contributed by atoms with Crippen LogP contribution in [-0.4, -0.2) is 24.1 Å². The lowest BCUT2D eigenvalue weighted by Gasteiger charge is -2.27. The van der Waals surface area contributed by atoms with E-state index in [0.717, 1.165) is 12.1 Å². The molecule has 0 aliphatic carbocycles. The van der Waals surface area contributed by atoms with E-state index in [2.05, 4.69) is 4.99 Å². The van der Waals surface area contributed by atoms with Gasteiger partial charge >= 0.3 is 0 Å². The minimum atomic E-state index is 0.0660. The minimum absolute atomic E-state index is 0.0660. The zero-order chi connectivity index (χ0) is 8.55. The Morgan fingerprint density at radius 1 is 1.67 bits per heavy atom. The number of aliphatic imine (C=N–C) groups is 1. The Balaban J connectivity index is 2.28. The Kier molecular flexibility index (Phi) is 1.81. The van der Waals surface area contributed by atoms with Gasteiger partial charge in [0.25, 0.3) is 0 Å². The van der Waals surface area contributed by atoms with Gasteiger partial charge in [-0.25, -0.2) is 0 Å². The van der Waals surface area contributed by atoms with Crippen LogP contribution in [0, 0.1) is 5.41 Å². The molecule has 12 heavy (non-hydrogen) atoms. The van der Waals surface area contributed by atoms with E-state index in [4.69, 9.17) is 10.1 Å². The second-order valence-corrected chi connectivity index (χ2v) is 3.28. The van der Waals surface area contributed by atoms with Crippen molar-refractivity contribution in [3.8, 4) is 0 Å². The molecule has 2 rings (SSSR count). The topological polar surface area (TPSA) is 45.4 Å². The Bertz CT molecular complexity index is 278. The van der Waals surface area contributed by atoms with Crippen molar-refractivity contribution in [2.24, 2.45) is 4.99 Å². The maximum absolute atomic E-state index is 7.64. The highest BCUT2D eigenvalue weighted by atomic mass is 16.5. The van der Waals surface area contributed by atoms with Gasteiger partial charge in [0.15, 0.2) is 0 Å². The second kappa shape index (κ2) is 2.83. The molecular formula is C9H12N2O. The molecule has 64 valence electrons. The molecule has 2 aliphatic heterocycles. The van der Waals surface area contributed by atoms with Gasteiger partial charge in [-0.05, 0) is 6.92 Å². The SMILES string of the molecule is CC1=CN=C2C(=N)CCOC2C1. The number of nitrogens with one attached hydrogen (secondary N) is 1. The lowest BCUT2D eigenvalue weighted by atomic mass is 9.97. The highest BCUT2D eigenvalue weighted by molar-refractivity contribution is 6.43. The largest absolute Gasteiger partial charge is 0.371 e. The number of hydrogen-bond acceptors (Lipinski definition) is 3. The van der Waals surface area contributed by atoms with Gasteiger partial charge in [0, 0.05) is 19.0 Å². The summed E-state index contributed by atoms with van der Waals surface area (Å²) in [5.74, 6) is 0. The first kappa shape index (κ1) is 7.68. The number of hydrogen-bond donors (Lipinski definition) is 1. The van der Waals surface area contributed by atoms with Crippen molar-refractivity contribution in [2.75, 3.05) is 6.61 Å². The van der Waals surface area contributed by atoms with Crippen LogP contribution in [0.25, 0.3) is 0 Å². The van der Waals surface area contributed by atoms with Crippen LogP contribution in [0.3, 0.4) is 0 Å². The fraction of sp³-hybridized carbons (Fsp3) is 0.556. The first-order valence-electron chi connectivity index (χ1n) is 4.20. The standard InChI is InChI=1S/C9H12N2O/c1-6-4-8-9(11-5-6)7(10)2-3-12-8/h5,8,10H,2-4H2,1H3. The number of rotatable bonds is 0. The predicted molar refractivity (Wildman–Crippen MR) is 47.9 cm³/mol. The molecule has 0 aromatic carbocycles. The molecule has 1 unspecified atom stereocenters. The molecular weight excluding hydrogens is 152 g/mol. The monoisotopic (exact) mass is 164 g/mol. The third-order valence-corrected chi connectivity index (χ3v) is 2.22. The fourth-order valence-electron chi connectivity index (χ4n) is 1.55. The van der Waals surface area contributed by atoms with Crippen LogP contribution in [0.4, 0.5) is 0 Å². The molecule has 0 radical (unpaired) electrons. The van der Waals surface area contributed by atoms with Crippen molar-refractivity contribution in [3.63, 3.8) is 0 Å². The van der Waals surface area contributed by atoms with E-state index >= 15 is 0 Å². The van der Waals surface area contributed by atoms with E-state index < -0.39 is 0 Å². The lowest BCUT2D eigenvalue weighted by Crippen LogP contribution is -2.38. The summed E-state index contributed by atoms with van der Waals surface area (Å²) < 4.78 is 5.51. The van der Waals surface area contributed by atoms with E-state index in [9.17, 15) is 0 Å². The van der Waals surface area contributed by atoms with Crippen molar-refractivity contribution in [2.45, 2.75) is 25.9 Å². The number of ether oxygens (including phenoxy) is 1. The van der Waals surface area contributed by atoms with Gasteiger partial charge in [-0.15, -0.1) is 0 Å². The third-order valence-electron chi connectivity index (χ3n) is 2.22. The molecule has 1 N–H and O–H groups in total. The van der Waals surface area contributed by atoms with Crippen LogP contribution < -0.4 is 0 Å². The zero-order valence-electron chi connectivity index (χ0n) is 7.13. The molecule has 0 spiro atoms. The van der Waals surface area contributed by atoms with Gasteiger partial charge in [-0.3, -0.25) is 4.99 Å². The summed E-state index contributed by atoms with van der Waals surface area (Å²) in [5.41, 5.74) is 2.72. The van der Waals surface area contributed by atoms with Crippen LogP contribution in [0.15, 0.2) is 16.8 Å². The zero-order valence-corrected chi connectivity index (χ0v) is 7.13. The predicted octanol–water partition coefficient (Wildman–Crippen LogP) is 1.54. The second-order valence-electron chi connectivity index (χ2n) is 3.28. The third kappa shape index (κ3) is 1.20. The number of fused-ring (bicyclic) bond motifs is 1. The van der Waals surface area contributed by atoms with Crippen molar-refractivity contribution in [1.82, 2.24) is 0 Å². The fourth-order valence-corrected chi connectivity index (χ4v) is 1.55. The van der Waals surface area contributed by atoms with E-state index in [0.29, 0.717) is 18.7 Å². The van der Waals surface area contributed by atoms with Gasteiger partial charge in [-0.1, -0.05) is 5.57 Å². The van der Waals surface area contributed by atoms with Gasteiger partial charge in [-0.2, -0.15) is 0 Å². The summed E-state index contributed by atoms with van der Waals surface area (Å²) in [4.78, 5) is 4.22. The first-order chi connectivity index (χ1) is 5.77. The van der Waals surface area contributed by atoms with Gasteiger partial charge < -0.3 is 10.1 Å². The molecule has 0 amide bonds. The van der Waals surface area contributed by atoms with Crippen LogP contribution in [0.5, 0.6) is 0 Å². The van der Waals surface area contributed by atoms with Crippen molar-refractivity contribution in [3.05, 3.63) is 11.8 Å². The van der Waals surface area contributed by atoms with Crippen LogP contribution >= 0.6 is 0 Å². The molecule has 2 aliphatic rings. The minimum Gasteiger partial charge on any atom is -0.371 e. The van der Waals surface area contributed by atoms with E-state index in [1.54, 1.807) is 0 Å². The van der Waals surface area contributed by atoms with Crippen molar-refractivity contribution < 1.29 is 4.74 Å². The summed E-state index contributed by atoms with van der Waals surface area (Å²) in [6.45, 7) is 2.72. The van der Waals surface area contributed by atoms with Gasteiger partial charge in [0.2, 0.25) is 0 Å². The highest BCUT2D eigenvalue weighted by Gasteiger charge is 2.27. The summed E-state index contributed by atoms with van der Waals surface area (Å²) in [6.07, 6.45) is 3.52. The Morgan fingerprint density at radius 2 is 2.50 bits per heavy atom. The smallest absolute Gasteiger partial charge is 0.105 e. The van der Waals surface area contributed by atoms with Crippen molar-refractivity contribution in [1.29, 1.82) is 5.41 Å². The molecule has 0 bridgehead atoms. The first-order valence-corrected chi connectivity index (χ1v) is 4.20. The molecule has 2 heterocycles. The maximum Gasteiger partial charge on any atom is 0.105 e. The molecule has 1 atom stereocenters. The van der Waals surface area contributed by atoms with Crippen molar-refractivity contribution >= 4 is 11.4 Å². The Morgan fingerprint density at radius 3 is 3.33 bits per heavy atom. The normalized spacial score (nSPS) is 29.1. The summed E-state index contributed by atoms with van der Waals surface area (Å²) in [5, 5.41) is 7.64. The quantitative estimate of drug-likeness (QED) is 0.580. The van der Waals surface area contributed by atoms with E-state index in [-0.39, 0.29) is 6.10 Å². The summed E-state index contributed by atoms with van der Waals surface area (Å²) >= 11 is 0. The van der Waals surface area contributed by atoms with Gasteiger partial charge in [0.05, 0.1) is 18.0 Å².